The van der Waals surface area contributed by atoms with Crippen molar-refractivity contribution >= 4 is 6.09 Å². The summed E-state index contributed by atoms with van der Waals surface area (Å²) in [4.78, 5) is 12.7. The van der Waals surface area contributed by atoms with Gasteiger partial charge in [0.25, 0.3) is 0 Å². The number of rotatable bonds is 5. The lowest BCUT2D eigenvalue weighted by Crippen LogP contribution is -2.45. The number of benzene rings is 3. The Morgan fingerprint density at radius 3 is 1.74 bits per heavy atom. The Morgan fingerprint density at radius 1 is 0.839 bits per heavy atom. The Labute approximate surface area is 180 Å². The number of carbonyl (C=O) groups is 1. The molecule has 0 radical (unpaired) electrons. The van der Waals surface area contributed by atoms with Crippen LogP contribution in [0, 0.1) is 11.6 Å². The third-order valence-electron chi connectivity index (χ3n) is 4.75. The molecule has 31 heavy (non-hydrogen) atoms. The average molecular weight is 425 g/mol. The smallest absolute Gasteiger partial charge is 0.408 e. The predicted molar refractivity (Wildman–Crippen MR) is 114 cm³/mol. The van der Waals surface area contributed by atoms with E-state index in [-0.39, 0.29) is 11.1 Å². The van der Waals surface area contributed by atoms with Crippen LogP contribution in [0.5, 0.6) is 0 Å². The monoisotopic (exact) mass is 425 g/mol. The molecule has 0 saturated heterocycles. The number of aliphatic hydroxyl groups is 1. The summed E-state index contributed by atoms with van der Waals surface area (Å²) >= 11 is 0. The molecule has 6 heteroatoms. The van der Waals surface area contributed by atoms with Crippen LogP contribution in [0.4, 0.5) is 13.6 Å². The SMILES string of the molecule is CC(C)(C)NC(=O)OC(c1ccccc1)C(O)(c1ccccc1F)c1ccccc1F. The summed E-state index contributed by atoms with van der Waals surface area (Å²) < 4.78 is 35.6. The van der Waals surface area contributed by atoms with Gasteiger partial charge in [-0.15, -0.1) is 0 Å². The van der Waals surface area contributed by atoms with Crippen LogP contribution >= 0.6 is 0 Å². The lowest BCUT2D eigenvalue weighted by Gasteiger charge is -2.37. The number of alkyl carbamates (subject to hydrolysis) is 1. The van der Waals surface area contributed by atoms with Gasteiger partial charge in [-0.1, -0.05) is 66.7 Å². The highest BCUT2D eigenvalue weighted by atomic mass is 19.1. The van der Waals surface area contributed by atoms with Crippen molar-refractivity contribution in [3.8, 4) is 0 Å². The van der Waals surface area contributed by atoms with Crippen molar-refractivity contribution < 1.29 is 23.4 Å². The first-order valence-corrected chi connectivity index (χ1v) is 9.89. The van der Waals surface area contributed by atoms with Gasteiger partial charge in [-0.25, -0.2) is 13.6 Å². The largest absolute Gasteiger partial charge is 0.437 e. The molecule has 0 bridgehead atoms. The van der Waals surface area contributed by atoms with Gasteiger partial charge in [-0.2, -0.15) is 0 Å². The van der Waals surface area contributed by atoms with E-state index in [9.17, 15) is 18.7 Å². The Morgan fingerprint density at radius 2 is 1.29 bits per heavy atom. The number of hydrogen-bond acceptors (Lipinski definition) is 3. The first kappa shape index (κ1) is 22.4. The highest BCUT2D eigenvalue weighted by Crippen LogP contribution is 2.45. The van der Waals surface area contributed by atoms with E-state index in [2.05, 4.69) is 5.32 Å². The zero-order valence-corrected chi connectivity index (χ0v) is 17.6. The van der Waals surface area contributed by atoms with E-state index in [0.29, 0.717) is 5.56 Å². The lowest BCUT2D eigenvalue weighted by atomic mass is 9.78. The van der Waals surface area contributed by atoms with Crippen molar-refractivity contribution in [2.45, 2.75) is 38.0 Å². The van der Waals surface area contributed by atoms with Crippen molar-refractivity contribution in [3.05, 3.63) is 107 Å². The lowest BCUT2D eigenvalue weighted by molar-refractivity contribution is -0.0642. The van der Waals surface area contributed by atoms with E-state index in [4.69, 9.17) is 4.74 Å². The molecular weight excluding hydrogens is 400 g/mol. The minimum atomic E-state index is -2.34. The fourth-order valence-corrected chi connectivity index (χ4v) is 3.43. The average Bonchev–Trinajstić information content (AvgIpc) is 2.71. The van der Waals surface area contributed by atoms with Gasteiger partial charge in [-0.3, -0.25) is 0 Å². The number of hydrogen-bond donors (Lipinski definition) is 2. The summed E-state index contributed by atoms with van der Waals surface area (Å²) in [6.07, 6.45) is -2.27. The Bertz CT molecular complexity index is 1000. The molecule has 0 fully saturated rings. The van der Waals surface area contributed by atoms with Gasteiger partial charge in [0.1, 0.15) is 11.6 Å². The van der Waals surface area contributed by atoms with Crippen LogP contribution < -0.4 is 5.32 Å². The van der Waals surface area contributed by atoms with Gasteiger partial charge in [-0.05, 0) is 38.5 Å². The minimum Gasteiger partial charge on any atom is -0.437 e. The number of carbonyl (C=O) groups excluding carboxylic acids is 1. The molecule has 3 aromatic rings. The summed E-state index contributed by atoms with van der Waals surface area (Å²) in [5, 5.41) is 14.7. The van der Waals surface area contributed by atoms with Gasteiger partial charge in [0.15, 0.2) is 11.7 Å². The molecule has 1 amide bonds. The van der Waals surface area contributed by atoms with Gasteiger partial charge in [0.05, 0.1) is 0 Å². The standard InChI is InChI=1S/C25H25F2NO3/c1-24(2,3)28-23(29)31-22(17-11-5-4-6-12-17)25(30,18-13-7-9-15-20(18)26)19-14-8-10-16-21(19)27/h4-16,22,30H,1-3H3,(H,28,29). The van der Waals surface area contributed by atoms with E-state index in [0.717, 1.165) is 0 Å². The molecule has 0 aliphatic carbocycles. The fraction of sp³-hybridized carbons (Fsp3) is 0.240. The van der Waals surface area contributed by atoms with Crippen molar-refractivity contribution in [1.29, 1.82) is 0 Å². The zero-order valence-electron chi connectivity index (χ0n) is 17.6. The Balaban J connectivity index is 2.24. The minimum absolute atomic E-state index is 0.211. The second-order valence-electron chi connectivity index (χ2n) is 8.30. The molecule has 0 aliphatic heterocycles. The van der Waals surface area contributed by atoms with E-state index in [1.165, 1.54) is 48.5 Å². The van der Waals surface area contributed by atoms with Crippen LogP contribution in [0.1, 0.15) is 43.6 Å². The van der Waals surface area contributed by atoms with Gasteiger partial charge in [0, 0.05) is 16.7 Å². The van der Waals surface area contributed by atoms with Crippen molar-refractivity contribution in [2.75, 3.05) is 0 Å². The highest BCUT2D eigenvalue weighted by Gasteiger charge is 2.47. The highest BCUT2D eigenvalue weighted by molar-refractivity contribution is 5.69. The van der Waals surface area contributed by atoms with Crippen molar-refractivity contribution in [3.63, 3.8) is 0 Å². The molecule has 162 valence electrons. The maximum atomic E-state index is 14.9. The van der Waals surface area contributed by atoms with E-state index < -0.39 is 35.0 Å². The normalized spacial score (nSPS) is 12.8. The molecule has 4 nitrogen and oxygen atoms in total. The van der Waals surface area contributed by atoms with E-state index in [1.807, 2.05) is 0 Å². The maximum Gasteiger partial charge on any atom is 0.408 e. The number of amides is 1. The first-order chi connectivity index (χ1) is 14.6. The topological polar surface area (TPSA) is 58.6 Å². The van der Waals surface area contributed by atoms with E-state index in [1.54, 1.807) is 51.1 Å². The second kappa shape index (κ2) is 8.86. The quantitative estimate of drug-likeness (QED) is 0.570. The Hall–Kier alpha value is -3.25. The van der Waals surface area contributed by atoms with Crippen LogP contribution in [0.3, 0.4) is 0 Å². The number of ether oxygens (including phenoxy) is 1. The summed E-state index contributed by atoms with van der Waals surface area (Å²) in [5.41, 5.74) is -3.00. The summed E-state index contributed by atoms with van der Waals surface area (Å²) in [7, 11) is 0. The molecule has 1 atom stereocenters. The molecule has 0 heterocycles. The van der Waals surface area contributed by atoms with Crippen molar-refractivity contribution in [1.82, 2.24) is 5.32 Å². The molecule has 2 N–H and O–H groups in total. The van der Waals surface area contributed by atoms with Crippen LogP contribution in [0.15, 0.2) is 78.9 Å². The van der Waals surface area contributed by atoms with Crippen LogP contribution in [-0.2, 0) is 10.3 Å². The number of nitrogens with one attached hydrogen (secondary N) is 1. The molecule has 0 aromatic heterocycles. The van der Waals surface area contributed by atoms with Gasteiger partial charge >= 0.3 is 6.09 Å². The third-order valence-corrected chi connectivity index (χ3v) is 4.75. The molecule has 3 rings (SSSR count). The first-order valence-electron chi connectivity index (χ1n) is 9.89. The fourth-order valence-electron chi connectivity index (χ4n) is 3.43. The molecular formula is C25H25F2NO3. The maximum absolute atomic E-state index is 14.9. The summed E-state index contributed by atoms with van der Waals surface area (Å²) in [6, 6.07) is 19.4. The van der Waals surface area contributed by atoms with Gasteiger partial charge < -0.3 is 15.2 Å². The third kappa shape index (κ3) is 4.91. The molecule has 0 spiro atoms. The summed E-state index contributed by atoms with van der Waals surface area (Å²) in [5.74, 6) is -1.51. The van der Waals surface area contributed by atoms with Gasteiger partial charge in [0.2, 0.25) is 0 Å². The predicted octanol–water partition coefficient (Wildman–Crippen LogP) is 5.47. The number of halogens is 2. The Kier molecular flexibility index (Phi) is 6.41. The molecule has 1 unspecified atom stereocenters. The second-order valence-corrected chi connectivity index (χ2v) is 8.30. The summed E-state index contributed by atoms with van der Waals surface area (Å²) in [6.45, 7) is 5.31. The van der Waals surface area contributed by atoms with E-state index >= 15 is 0 Å². The molecule has 3 aromatic carbocycles. The molecule has 0 aliphatic rings. The zero-order chi connectivity index (χ0) is 22.6. The van der Waals surface area contributed by atoms with Crippen molar-refractivity contribution in [2.24, 2.45) is 0 Å². The van der Waals surface area contributed by atoms with Crippen LogP contribution in [-0.4, -0.2) is 16.7 Å². The molecule has 0 saturated carbocycles. The van der Waals surface area contributed by atoms with Crippen LogP contribution in [0.25, 0.3) is 0 Å². The van der Waals surface area contributed by atoms with Crippen LogP contribution in [0.2, 0.25) is 0 Å².